The largest absolute Gasteiger partial charge is 0.361 e. The smallest absolute Gasteiger partial charge is 0.263 e. The third-order valence-corrected chi connectivity index (χ3v) is 7.21. The van der Waals surface area contributed by atoms with Gasteiger partial charge in [0.05, 0.1) is 6.54 Å². The van der Waals surface area contributed by atoms with Gasteiger partial charge in [0.25, 0.3) is 11.5 Å². The fraction of sp³-hybridized carbons (Fsp3) is 0.400. The first-order valence-electron chi connectivity index (χ1n) is 11.2. The zero-order valence-electron chi connectivity index (χ0n) is 18.2. The predicted octanol–water partition coefficient (Wildman–Crippen LogP) is 2.83. The van der Waals surface area contributed by atoms with E-state index in [0.717, 1.165) is 42.1 Å². The van der Waals surface area contributed by atoms with Gasteiger partial charge in [-0.2, -0.15) is 0 Å². The zero-order valence-corrected chi connectivity index (χ0v) is 18.2. The van der Waals surface area contributed by atoms with E-state index in [4.69, 9.17) is 5.73 Å². The number of ketones is 1. The number of rotatable bonds is 6. The summed E-state index contributed by atoms with van der Waals surface area (Å²) in [5, 5.41) is 3.53. The van der Waals surface area contributed by atoms with Crippen LogP contribution in [0, 0.1) is 11.3 Å². The third kappa shape index (κ3) is 3.56. The van der Waals surface area contributed by atoms with Crippen molar-refractivity contribution in [3.05, 3.63) is 69.8 Å². The van der Waals surface area contributed by atoms with Crippen molar-refractivity contribution in [2.45, 2.75) is 44.7 Å². The molecular weight excluding hydrogens is 404 g/mol. The molecule has 32 heavy (non-hydrogen) atoms. The van der Waals surface area contributed by atoms with E-state index < -0.39 is 11.5 Å². The normalized spacial score (nSPS) is 24.2. The second kappa shape index (κ2) is 7.74. The van der Waals surface area contributed by atoms with Crippen LogP contribution in [0.2, 0.25) is 0 Å². The molecule has 2 aliphatic carbocycles. The zero-order chi connectivity index (χ0) is 22.5. The molecule has 1 amide bonds. The van der Waals surface area contributed by atoms with Crippen molar-refractivity contribution in [1.82, 2.24) is 14.9 Å². The number of Topliss-reactive ketones (excluding diaryl/α,β-unsaturated/α-hetero) is 1. The molecule has 0 unspecified atom stereocenters. The Hall–Kier alpha value is -3.19. The number of nitrogens with zero attached hydrogens (tertiary/aromatic N) is 1. The van der Waals surface area contributed by atoms with Crippen molar-refractivity contribution >= 4 is 22.6 Å². The fourth-order valence-electron chi connectivity index (χ4n) is 5.75. The summed E-state index contributed by atoms with van der Waals surface area (Å²) in [5.74, 6) is -0.149. The highest BCUT2D eigenvalue weighted by Gasteiger charge is 2.51. The Morgan fingerprint density at radius 2 is 2.00 bits per heavy atom. The molecule has 1 aromatic carbocycles. The summed E-state index contributed by atoms with van der Waals surface area (Å²) in [7, 11) is 1.48. The minimum Gasteiger partial charge on any atom is -0.361 e. The van der Waals surface area contributed by atoms with Gasteiger partial charge >= 0.3 is 0 Å². The number of H-pyrrole nitrogens is 1. The number of hydrogen-bond acceptors (Lipinski definition) is 4. The highest BCUT2D eigenvalue weighted by atomic mass is 16.2. The average Bonchev–Trinajstić information content (AvgIpc) is 3.21. The van der Waals surface area contributed by atoms with Crippen LogP contribution in [0.25, 0.3) is 10.9 Å². The maximum Gasteiger partial charge on any atom is 0.263 e. The van der Waals surface area contributed by atoms with Crippen molar-refractivity contribution in [2.24, 2.45) is 17.1 Å². The molecule has 2 saturated carbocycles. The SMILES string of the molecule is CNC(=O)c1cc(C(=O)CC2CC3(CC(N)C3)C2)cn(Cc2cccc3[nH]ccc23)c1=O. The molecule has 2 aliphatic rings. The number of hydrogen-bond donors (Lipinski definition) is 3. The number of nitrogens with two attached hydrogens (primary N) is 1. The molecule has 2 heterocycles. The van der Waals surface area contributed by atoms with E-state index in [0.29, 0.717) is 29.4 Å². The highest BCUT2D eigenvalue weighted by Crippen LogP contribution is 2.59. The summed E-state index contributed by atoms with van der Waals surface area (Å²) < 4.78 is 1.48. The Morgan fingerprint density at radius 1 is 1.22 bits per heavy atom. The van der Waals surface area contributed by atoms with Crippen LogP contribution >= 0.6 is 0 Å². The summed E-state index contributed by atoms with van der Waals surface area (Å²) in [6.45, 7) is 0.281. The molecule has 166 valence electrons. The van der Waals surface area contributed by atoms with Crippen molar-refractivity contribution < 1.29 is 9.59 Å². The molecule has 4 N–H and O–H groups in total. The third-order valence-electron chi connectivity index (χ3n) is 7.21. The monoisotopic (exact) mass is 432 g/mol. The first-order valence-corrected chi connectivity index (χ1v) is 11.2. The van der Waals surface area contributed by atoms with Crippen molar-refractivity contribution in [2.75, 3.05) is 7.05 Å². The average molecular weight is 433 g/mol. The van der Waals surface area contributed by atoms with Crippen LogP contribution in [0.15, 0.2) is 47.5 Å². The minimum absolute atomic E-state index is 0.00496. The molecule has 7 nitrogen and oxygen atoms in total. The molecule has 2 fully saturated rings. The topological polar surface area (TPSA) is 110 Å². The van der Waals surface area contributed by atoms with Crippen molar-refractivity contribution in [3.63, 3.8) is 0 Å². The number of amides is 1. The van der Waals surface area contributed by atoms with E-state index in [9.17, 15) is 14.4 Å². The number of nitrogens with one attached hydrogen (secondary N) is 2. The molecule has 7 heteroatoms. The van der Waals surface area contributed by atoms with Gasteiger partial charge in [-0.3, -0.25) is 14.4 Å². The maximum atomic E-state index is 13.1. The molecule has 2 aromatic heterocycles. The van der Waals surface area contributed by atoms with Crippen LogP contribution in [0.3, 0.4) is 0 Å². The number of carbonyl (C=O) groups is 2. The standard InChI is InChI=1S/C25H28N4O3/c1-27-23(31)20-8-17(22(30)7-15-9-25(10-15)11-18(26)12-25)14-29(24(20)32)13-16-3-2-4-21-19(16)5-6-28-21/h2-6,8,14-15,18,28H,7,9-13,26H2,1H3,(H,27,31). The number of aromatic nitrogens is 2. The Labute approximate surface area is 186 Å². The van der Waals surface area contributed by atoms with Gasteiger partial charge in [0, 0.05) is 48.4 Å². The molecule has 0 radical (unpaired) electrons. The predicted molar refractivity (Wildman–Crippen MR) is 123 cm³/mol. The van der Waals surface area contributed by atoms with Crippen LogP contribution in [-0.2, 0) is 6.54 Å². The summed E-state index contributed by atoms with van der Waals surface area (Å²) in [6, 6.07) is 9.57. The number of fused-ring (bicyclic) bond motifs is 1. The summed E-state index contributed by atoms with van der Waals surface area (Å²) in [4.78, 5) is 41.7. The Balaban J connectivity index is 1.42. The Kier molecular flexibility index (Phi) is 5.01. The van der Waals surface area contributed by atoms with Gasteiger partial charge in [-0.05, 0) is 60.8 Å². The Bertz CT molecular complexity index is 1260. The van der Waals surface area contributed by atoms with Crippen LogP contribution in [0.4, 0.5) is 0 Å². The van der Waals surface area contributed by atoms with Crippen LogP contribution in [0.5, 0.6) is 0 Å². The van der Waals surface area contributed by atoms with Crippen LogP contribution < -0.4 is 16.6 Å². The molecular formula is C25H28N4O3. The fourth-order valence-corrected chi connectivity index (χ4v) is 5.75. The van der Waals surface area contributed by atoms with Gasteiger partial charge in [0.2, 0.25) is 0 Å². The van der Waals surface area contributed by atoms with Gasteiger partial charge in [-0.25, -0.2) is 0 Å². The van der Waals surface area contributed by atoms with E-state index >= 15 is 0 Å². The molecule has 0 saturated heterocycles. The van der Waals surface area contributed by atoms with Gasteiger partial charge in [0.1, 0.15) is 5.56 Å². The van der Waals surface area contributed by atoms with E-state index in [1.54, 1.807) is 6.20 Å². The first kappa shape index (κ1) is 20.7. The first-order chi connectivity index (χ1) is 15.4. The Morgan fingerprint density at radius 3 is 2.72 bits per heavy atom. The molecule has 0 atom stereocenters. The number of carbonyl (C=O) groups excluding carboxylic acids is 2. The molecule has 0 aliphatic heterocycles. The number of aromatic amines is 1. The van der Waals surface area contributed by atoms with Gasteiger partial charge in [0.15, 0.2) is 5.78 Å². The second-order valence-electron chi connectivity index (χ2n) is 9.58. The van der Waals surface area contributed by atoms with Crippen molar-refractivity contribution in [3.8, 4) is 0 Å². The van der Waals surface area contributed by atoms with E-state index in [-0.39, 0.29) is 17.9 Å². The molecule has 1 spiro atoms. The van der Waals surface area contributed by atoms with Gasteiger partial charge < -0.3 is 20.6 Å². The summed E-state index contributed by atoms with van der Waals surface area (Å²) >= 11 is 0. The molecule has 3 aromatic rings. The maximum absolute atomic E-state index is 13.1. The number of pyridine rings is 1. The molecule has 5 rings (SSSR count). The van der Waals surface area contributed by atoms with Gasteiger partial charge in [-0.15, -0.1) is 0 Å². The quantitative estimate of drug-likeness (QED) is 0.520. The summed E-state index contributed by atoms with van der Waals surface area (Å²) in [5.41, 5.74) is 8.23. The van der Waals surface area contributed by atoms with E-state index in [1.165, 1.54) is 17.7 Å². The lowest BCUT2D eigenvalue weighted by Crippen LogP contribution is -2.53. The summed E-state index contributed by atoms with van der Waals surface area (Å²) in [6.07, 6.45) is 8.12. The van der Waals surface area contributed by atoms with Crippen LogP contribution in [-0.4, -0.2) is 34.3 Å². The van der Waals surface area contributed by atoms with E-state index in [1.807, 2.05) is 30.5 Å². The van der Waals surface area contributed by atoms with Crippen molar-refractivity contribution in [1.29, 1.82) is 0 Å². The lowest BCUT2D eigenvalue weighted by atomic mass is 9.49. The van der Waals surface area contributed by atoms with Crippen LogP contribution in [0.1, 0.15) is 58.4 Å². The minimum atomic E-state index is -0.482. The molecule has 0 bridgehead atoms. The second-order valence-corrected chi connectivity index (χ2v) is 9.58. The lowest BCUT2D eigenvalue weighted by Gasteiger charge is -2.57. The highest BCUT2D eigenvalue weighted by molar-refractivity contribution is 6.00. The number of benzene rings is 1. The van der Waals surface area contributed by atoms with E-state index in [2.05, 4.69) is 10.3 Å². The lowest BCUT2D eigenvalue weighted by molar-refractivity contribution is -0.0388. The van der Waals surface area contributed by atoms with Gasteiger partial charge in [-0.1, -0.05) is 12.1 Å².